The quantitative estimate of drug-likeness (QED) is 0.0235. The Hall–Kier alpha value is -12.1. The summed E-state index contributed by atoms with van der Waals surface area (Å²) in [5.41, 5.74) is 12.9. The van der Waals surface area contributed by atoms with Crippen molar-refractivity contribution >= 4 is 46.8 Å². The summed E-state index contributed by atoms with van der Waals surface area (Å²) in [6.07, 6.45) is 7.70. The first-order valence-electron chi connectivity index (χ1n) is 37.7. The lowest BCUT2D eigenvalue weighted by Crippen LogP contribution is -2.26. The second-order valence-corrected chi connectivity index (χ2v) is 25.6. The maximum Gasteiger partial charge on any atom is 0.511 e. The van der Waals surface area contributed by atoms with Gasteiger partial charge in [0.15, 0.2) is 17.4 Å². The third kappa shape index (κ3) is 21.4. The van der Waals surface area contributed by atoms with E-state index in [0.717, 1.165) is 101 Å². The molecule has 1 atom stereocenters. The summed E-state index contributed by atoms with van der Waals surface area (Å²) < 4.78 is 50.7. The van der Waals surface area contributed by atoms with Crippen LogP contribution in [0.3, 0.4) is 0 Å². The number of carbonyl (C=O) groups excluding carboxylic acids is 4. The van der Waals surface area contributed by atoms with Gasteiger partial charge in [0.25, 0.3) is 18.5 Å². The van der Waals surface area contributed by atoms with Crippen LogP contribution in [0.25, 0.3) is 67.1 Å². The lowest BCUT2D eigenvalue weighted by molar-refractivity contribution is -0.120. The first kappa shape index (κ1) is 79.5. The maximum atomic E-state index is 13.5. The molecule has 2 aliphatic carbocycles. The average Bonchev–Trinajstić information content (AvgIpc) is 1.64. The Bertz CT molecular complexity index is 4840. The number of nitrogens with zero attached hydrogens (tertiary/aromatic N) is 12. The molecule has 24 heteroatoms. The van der Waals surface area contributed by atoms with E-state index in [2.05, 4.69) is 102 Å². The number of esters is 1. The Morgan fingerprint density at radius 1 is 0.450 bits per heavy atom. The second-order valence-electron chi connectivity index (χ2n) is 25.6. The van der Waals surface area contributed by atoms with Crippen LogP contribution in [-0.2, 0) is 54.7 Å². The Morgan fingerprint density at radius 2 is 0.862 bits per heavy atom. The number of rotatable bonds is 24. The summed E-state index contributed by atoms with van der Waals surface area (Å²) >= 11 is 0. The van der Waals surface area contributed by atoms with Crippen molar-refractivity contribution in [1.29, 1.82) is 0 Å². The molecule has 109 heavy (non-hydrogen) atoms. The van der Waals surface area contributed by atoms with E-state index in [0.29, 0.717) is 97.4 Å². The van der Waals surface area contributed by atoms with E-state index in [9.17, 15) is 19.2 Å². The number of imidazole rings is 2. The molecule has 0 bridgehead atoms. The molecule has 0 aliphatic heterocycles. The van der Waals surface area contributed by atoms with Crippen molar-refractivity contribution in [3.05, 3.63) is 222 Å². The SMILES string of the molecule is CC.CC.CC(C)OC(=O)OC1CCCCC1.CCOc1nc2cccc(C(=O)OC(C)OC(=O)OC3CCCCC3)c2n1Cc1ccc(-c2ccccc2-c2nnnn2Cc2ccccc2)cc1.CCOc1nc2cccc(OC=O)c2n1Cc1ccc(-c2ccccc2-c2nnnn2Cc2ccccc2)cc1. The summed E-state index contributed by atoms with van der Waals surface area (Å²) in [6, 6.07) is 64.4. The van der Waals surface area contributed by atoms with E-state index >= 15 is 0 Å². The summed E-state index contributed by atoms with van der Waals surface area (Å²) in [7, 11) is 0. The summed E-state index contributed by atoms with van der Waals surface area (Å²) in [5.74, 6) is 1.16. The van der Waals surface area contributed by atoms with Crippen LogP contribution in [0.4, 0.5) is 9.59 Å². The third-order valence-corrected chi connectivity index (χ3v) is 17.8. The maximum absolute atomic E-state index is 13.5. The number of aromatic nitrogens is 12. The van der Waals surface area contributed by atoms with Crippen molar-refractivity contribution in [1.82, 2.24) is 59.5 Å². The predicted molar refractivity (Wildman–Crippen MR) is 417 cm³/mol. The molecule has 0 spiro atoms. The first-order valence-corrected chi connectivity index (χ1v) is 37.7. The van der Waals surface area contributed by atoms with Crippen LogP contribution in [0, 0.1) is 0 Å². The molecule has 2 fully saturated rings. The highest BCUT2D eigenvalue weighted by Gasteiger charge is 2.27. The monoisotopic (exact) mass is 1480 g/mol. The van der Waals surface area contributed by atoms with Crippen molar-refractivity contribution in [2.75, 3.05) is 13.2 Å². The number of fused-ring (bicyclic) bond motifs is 2. The van der Waals surface area contributed by atoms with E-state index in [1.54, 1.807) is 28.9 Å². The second kappa shape index (κ2) is 40.6. The van der Waals surface area contributed by atoms with Gasteiger partial charge in [-0.15, -0.1) is 10.2 Å². The number of ether oxygens (including phenoxy) is 8. The van der Waals surface area contributed by atoms with Gasteiger partial charge < -0.3 is 37.9 Å². The largest absolute Gasteiger partial charge is 0.511 e. The molecular formula is C85H96N12O12. The van der Waals surface area contributed by atoms with Gasteiger partial charge in [-0.2, -0.15) is 9.97 Å². The standard InChI is InChI=1S/C40H40N6O6.C31H26N6O3.C10H18O3.2C2H6/c1-3-49-39-41-35-20-12-19-34(38(47)50-27(2)51-40(48)52-31-15-8-5-9-16-31)36(35)45(39)25-29-21-23-30(24-22-29)32-17-10-11-18-33(32)37-42-43-44-46(37)26-28-13-6-4-7-14-28;1-2-39-31-32-27-13-8-14-28(40-21-38)29(27)36(31)19-23-15-17-24(18-16-23)25-11-6-7-12-26(25)30-33-34-35-37(30)20-22-9-4-3-5-10-22;1-8(2)12-10(11)13-9-6-4-3-5-7-9;2*1-2/h4,6-7,10-14,17-24,27,31H,3,5,8-9,15-16,25-26H2,1-2H3;3-18,21H,2,19-20H2,1H3;8-9H,3-7H2,1-2H3;2*1-2H3. The zero-order valence-corrected chi connectivity index (χ0v) is 63.4. The van der Waals surface area contributed by atoms with Gasteiger partial charge in [-0.25, -0.2) is 23.7 Å². The molecule has 0 saturated heterocycles. The van der Waals surface area contributed by atoms with E-state index in [1.807, 2.05) is 178 Å². The number of hydrogen-bond donors (Lipinski definition) is 0. The van der Waals surface area contributed by atoms with Gasteiger partial charge in [0.2, 0.25) is 6.29 Å². The molecule has 2 saturated carbocycles. The van der Waals surface area contributed by atoms with E-state index in [4.69, 9.17) is 37.9 Å². The van der Waals surface area contributed by atoms with Gasteiger partial charge in [-0.05, 0) is 169 Å². The molecule has 0 radical (unpaired) electrons. The van der Waals surface area contributed by atoms with E-state index < -0.39 is 24.6 Å². The van der Waals surface area contributed by atoms with Crippen molar-refractivity contribution in [3.63, 3.8) is 0 Å². The van der Waals surface area contributed by atoms with Crippen LogP contribution in [0.15, 0.2) is 194 Å². The van der Waals surface area contributed by atoms with Crippen LogP contribution in [0.1, 0.15) is 159 Å². The molecule has 2 aliphatic rings. The first-order chi connectivity index (χ1) is 53.4. The summed E-state index contributed by atoms with van der Waals surface area (Å²) in [5, 5.41) is 25.2. The molecule has 1 unspecified atom stereocenters. The highest BCUT2D eigenvalue weighted by Crippen LogP contribution is 2.36. The average molecular weight is 1480 g/mol. The minimum absolute atomic E-state index is 0.0870. The van der Waals surface area contributed by atoms with Gasteiger partial charge in [0, 0.05) is 18.1 Å². The van der Waals surface area contributed by atoms with Crippen LogP contribution in [0.2, 0.25) is 0 Å². The fourth-order valence-electron chi connectivity index (χ4n) is 13.0. The van der Waals surface area contributed by atoms with Gasteiger partial charge in [0.05, 0.1) is 67.6 Å². The highest BCUT2D eigenvalue weighted by atomic mass is 16.8. The molecule has 0 amide bonds. The van der Waals surface area contributed by atoms with E-state index in [-0.39, 0.29) is 23.9 Å². The lowest BCUT2D eigenvalue weighted by Gasteiger charge is -2.22. The molecule has 4 heterocycles. The Labute approximate surface area is 635 Å². The molecule has 24 nitrogen and oxygen atoms in total. The zero-order valence-electron chi connectivity index (χ0n) is 63.4. The van der Waals surface area contributed by atoms with Crippen molar-refractivity contribution < 1.29 is 57.1 Å². The fraction of sp³-hybridized carbons (Fsp3) is 0.341. The lowest BCUT2D eigenvalue weighted by atomic mass is 9.98. The van der Waals surface area contributed by atoms with Gasteiger partial charge in [-0.3, -0.25) is 13.9 Å². The Balaban J connectivity index is 0.000000196. The highest BCUT2D eigenvalue weighted by molar-refractivity contribution is 6.02. The molecule has 0 N–H and O–H groups in total. The smallest absolute Gasteiger partial charge is 0.465 e. The normalized spacial score (nSPS) is 13.0. The van der Waals surface area contributed by atoms with Gasteiger partial charge in [-0.1, -0.05) is 210 Å². The minimum atomic E-state index is -1.15. The van der Waals surface area contributed by atoms with Crippen LogP contribution in [-0.4, -0.2) is 122 Å². The molecule has 12 aromatic rings. The van der Waals surface area contributed by atoms with Gasteiger partial charge in [0.1, 0.15) is 17.7 Å². The number of tetrazole rings is 2. The predicted octanol–water partition coefficient (Wildman–Crippen LogP) is 18.2. The van der Waals surface area contributed by atoms with Gasteiger partial charge >= 0.3 is 18.3 Å². The topological polar surface area (TPSA) is 265 Å². The van der Waals surface area contributed by atoms with Crippen molar-refractivity contribution in [2.45, 2.75) is 177 Å². The number of carbonyl (C=O) groups is 4. The minimum Gasteiger partial charge on any atom is -0.465 e. The zero-order chi connectivity index (χ0) is 76.9. The molecule has 568 valence electrons. The Morgan fingerprint density at radius 3 is 1.31 bits per heavy atom. The van der Waals surface area contributed by atoms with Crippen molar-refractivity contribution in [2.24, 2.45) is 0 Å². The third-order valence-electron chi connectivity index (χ3n) is 17.8. The summed E-state index contributed by atoms with van der Waals surface area (Å²) in [4.78, 5) is 57.4. The number of para-hydroxylation sites is 2. The number of benzene rings is 8. The van der Waals surface area contributed by atoms with Crippen LogP contribution >= 0.6 is 0 Å². The fourth-order valence-corrected chi connectivity index (χ4v) is 13.0. The molecule has 4 aromatic heterocycles. The molecule has 14 rings (SSSR count). The molecular weight excluding hydrogens is 1380 g/mol. The van der Waals surface area contributed by atoms with E-state index in [1.165, 1.54) is 26.2 Å². The van der Waals surface area contributed by atoms with Crippen LogP contribution < -0.4 is 14.2 Å². The summed E-state index contributed by atoms with van der Waals surface area (Å²) in [6.45, 7) is 20.2. The van der Waals surface area contributed by atoms with Crippen molar-refractivity contribution in [3.8, 4) is 62.8 Å². The van der Waals surface area contributed by atoms with Crippen LogP contribution in [0.5, 0.6) is 17.8 Å². The Kier molecular flexibility index (Phi) is 29.6. The molecule has 8 aromatic carbocycles. The number of hydrogen-bond acceptors (Lipinski definition) is 20.